The lowest BCUT2D eigenvalue weighted by Gasteiger charge is -2.06. The summed E-state index contributed by atoms with van der Waals surface area (Å²) in [5, 5.41) is 0. The molecule has 1 heteroatoms. The van der Waals surface area contributed by atoms with Gasteiger partial charge in [0.05, 0.1) is 7.11 Å². The van der Waals surface area contributed by atoms with Crippen LogP contribution in [-0.4, -0.2) is 7.11 Å². The molecule has 0 aromatic heterocycles. The summed E-state index contributed by atoms with van der Waals surface area (Å²) in [5.74, 6) is 0.835. The Morgan fingerprint density at radius 2 is 2.18 bits per heavy atom. The highest BCUT2D eigenvalue weighted by molar-refractivity contribution is 5.25. The van der Waals surface area contributed by atoms with E-state index in [2.05, 4.69) is 20.1 Å². The van der Waals surface area contributed by atoms with Gasteiger partial charge in [-0.2, -0.15) is 0 Å². The maximum absolute atomic E-state index is 5.10. The second-order valence-corrected chi connectivity index (χ2v) is 2.32. The molecule has 1 nitrogen and oxygen atoms in total. The Balaban J connectivity index is 4.13. The van der Waals surface area contributed by atoms with E-state index >= 15 is 0 Å². The predicted octanol–water partition coefficient (Wildman–Crippen LogP) is 3.06. The van der Waals surface area contributed by atoms with Crippen molar-refractivity contribution in [2.75, 3.05) is 7.11 Å². The second-order valence-electron chi connectivity index (χ2n) is 2.32. The van der Waals surface area contributed by atoms with Crippen LogP contribution in [0.5, 0.6) is 0 Å². The first-order valence-electron chi connectivity index (χ1n) is 3.81. The Morgan fingerprint density at radius 1 is 1.55 bits per heavy atom. The molecule has 0 aliphatic rings. The Morgan fingerprint density at radius 3 is 2.55 bits per heavy atom. The molecule has 0 bridgehead atoms. The van der Waals surface area contributed by atoms with Crippen molar-refractivity contribution in [2.24, 2.45) is 0 Å². The highest BCUT2D eigenvalue weighted by Gasteiger charge is 1.98. The average Bonchev–Trinajstić information content (AvgIpc) is 2.00. The van der Waals surface area contributed by atoms with Crippen LogP contribution in [-0.2, 0) is 4.74 Å². The molecule has 0 fully saturated rings. The smallest absolute Gasteiger partial charge is 0.121 e. The van der Waals surface area contributed by atoms with E-state index in [1.54, 1.807) is 13.2 Å². The summed E-state index contributed by atoms with van der Waals surface area (Å²) in [6.45, 7) is 9.60. The number of hydrogen-bond acceptors (Lipinski definition) is 1. The summed E-state index contributed by atoms with van der Waals surface area (Å²) >= 11 is 0. The van der Waals surface area contributed by atoms with E-state index < -0.39 is 0 Å². The zero-order valence-corrected chi connectivity index (χ0v) is 7.39. The van der Waals surface area contributed by atoms with Gasteiger partial charge in [0.15, 0.2) is 0 Å². The minimum atomic E-state index is 0.835. The minimum Gasteiger partial charge on any atom is -0.497 e. The maximum Gasteiger partial charge on any atom is 0.121 e. The molecule has 0 unspecified atom stereocenters. The van der Waals surface area contributed by atoms with Crippen molar-refractivity contribution in [1.29, 1.82) is 0 Å². The van der Waals surface area contributed by atoms with Crippen LogP contribution in [0.3, 0.4) is 0 Å². The lowest BCUT2D eigenvalue weighted by Crippen LogP contribution is -1.90. The highest BCUT2D eigenvalue weighted by atomic mass is 16.5. The number of rotatable bonds is 5. The lowest BCUT2D eigenvalue weighted by atomic mass is 10.1. The molecular weight excluding hydrogens is 136 g/mol. The first kappa shape index (κ1) is 10.0. The molecular formula is C10H16O. The Bertz CT molecular complexity index is 166. The van der Waals surface area contributed by atoms with Crippen molar-refractivity contribution in [2.45, 2.75) is 19.8 Å². The molecule has 0 aliphatic carbocycles. The van der Waals surface area contributed by atoms with Gasteiger partial charge in [-0.3, -0.25) is 0 Å². The molecule has 0 N–H and O–H groups in total. The van der Waals surface area contributed by atoms with Gasteiger partial charge in [0.2, 0.25) is 0 Å². The van der Waals surface area contributed by atoms with E-state index in [9.17, 15) is 0 Å². The molecule has 0 heterocycles. The SMILES string of the molecule is C=CC=C(OC)C(=C)CCC. The van der Waals surface area contributed by atoms with E-state index in [1.165, 1.54) is 0 Å². The summed E-state index contributed by atoms with van der Waals surface area (Å²) in [6, 6.07) is 0. The van der Waals surface area contributed by atoms with Gasteiger partial charge in [-0.1, -0.05) is 32.6 Å². The Kier molecular flexibility index (Phi) is 5.26. The lowest BCUT2D eigenvalue weighted by molar-refractivity contribution is 0.298. The normalized spacial score (nSPS) is 10.9. The fourth-order valence-electron chi connectivity index (χ4n) is 0.862. The standard InChI is InChI=1S/C10H16O/c1-5-7-9(3)10(11-4)8-6-2/h6,8H,2-3,5,7H2,1,4H3. The third kappa shape index (κ3) is 3.66. The molecule has 0 aliphatic heterocycles. The molecule has 62 valence electrons. The van der Waals surface area contributed by atoms with Crippen LogP contribution in [0.4, 0.5) is 0 Å². The van der Waals surface area contributed by atoms with Crippen LogP contribution in [0.25, 0.3) is 0 Å². The number of methoxy groups -OCH3 is 1. The van der Waals surface area contributed by atoms with Crippen LogP contribution in [0.15, 0.2) is 36.6 Å². The van der Waals surface area contributed by atoms with Crippen LogP contribution >= 0.6 is 0 Å². The van der Waals surface area contributed by atoms with Crippen molar-refractivity contribution in [3.63, 3.8) is 0 Å². The zero-order chi connectivity index (χ0) is 8.69. The van der Waals surface area contributed by atoms with Crippen LogP contribution < -0.4 is 0 Å². The molecule has 0 rings (SSSR count). The van der Waals surface area contributed by atoms with Crippen molar-refractivity contribution < 1.29 is 4.74 Å². The summed E-state index contributed by atoms with van der Waals surface area (Å²) < 4.78 is 5.10. The van der Waals surface area contributed by atoms with Crippen molar-refractivity contribution >= 4 is 0 Å². The van der Waals surface area contributed by atoms with Crippen molar-refractivity contribution in [1.82, 2.24) is 0 Å². The van der Waals surface area contributed by atoms with E-state index in [-0.39, 0.29) is 0 Å². The van der Waals surface area contributed by atoms with Crippen LogP contribution in [0, 0.1) is 0 Å². The van der Waals surface area contributed by atoms with E-state index in [0.717, 1.165) is 24.2 Å². The molecule has 0 aromatic rings. The van der Waals surface area contributed by atoms with Gasteiger partial charge in [-0.05, 0) is 18.1 Å². The number of ether oxygens (including phenoxy) is 1. The summed E-state index contributed by atoms with van der Waals surface area (Å²) in [4.78, 5) is 0. The van der Waals surface area contributed by atoms with Crippen molar-refractivity contribution in [3.8, 4) is 0 Å². The van der Waals surface area contributed by atoms with Crippen LogP contribution in [0.1, 0.15) is 19.8 Å². The molecule has 0 saturated carbocycles. The van der Waals surface area contributed by atoms with Crippen LogP contribution in [0.2, 0.25) is 0 Å². The number of hydrogen-bond donors (Lipinski definition) is 0. The molecule has 0 amide bonds. The largest absolute Gasteiger partial charge is 0.497 e. The second kappa shape index (κ2) is 5.78. The quantitative estimate of drug-likeness (QED) is 0.434. The highest BCUT2D eigenvalue weighted by Crippen LogP contribution is 2.13. The van der Waals surface area contributed by atoms with Gasteiger partial charge in [-0.15, -0.1) is 0 Å². The van der Waals surface area contributed by atoms with Gasteiger partial charge < -0.3 is 4.74 Å². The Labute approximate surface area is 69.1 Å². The summed E-state index contributed by atoms with van der Waals surface area (Å²) in [7, 11) is 1.65. The van der Waals surface area contributed by atoms with Gasteiger partial charge in [0.1, 0.15) is 5.76 Å². The fraction of sp³-hybridized carbons (Fsp3) is 0.400. The molecule has 0 spiro atoms. The monoisotopic (exact) mass is 152 g/mol. The Hall–Kier alpha value is -0.980. The predicted molar refractivity (Wildman–Crippen MR) is 49.3 cm³/mol. The average molecular weight is 152 g/mol. The summed E-state index contributed by atoms with van der Waals surface area (Å²) in [5.41, 5.74) is 1.04. The summed E-state index contributed by atoms with van der Waals surface area (Å²) in [6.07, 6.45) is 5.61. The first-order chi connectivity index (χ1) is 5.26. The van der Waals surface area contributed by atoms with Gasteiger partial charge in [0.25, 0.3) is 0 Å². The molecule has 11 heavy (non-hydrogen) atoms. The van der Waals surface area contributed by atoms with E-state index in [0.29, 0.717) is 0 Å². The third-order valence-electron chi connectivity index (χ3n) is 1.39. The van der Waals surface area contributed by atoms with E-state index in [4.69, 9.17) is 4.74 Å². The first-order valence-corrected chi connectivity index (χ1v) is 3.81. The molecule has 0 saturated heterocycles. The van der Waals surface area contributed by atoms with Gasteiger partial charge >= 0.3 is 0 Å². The minimum absolute atomic E-state index is 0.835. The number of allylic oxidation sites excluding steroid dienone is 3. The fourth-order valence-corrected chi connectivity index (χ4v) is 0.862. The maximum atomic E-state index is 5.10. The van der Waals surface area contributed by atoms with E-state index in [1.807, 2.05) is 6.08 Å². The third-order valence-corrected chi connectivity index (χ3v) is 1.39. The molecule has 0 radical (unpaired) electrons. The molecule has 0 aromatic carbocycles. The van der Waals surface area contributed by atoms with Gasteiger partial charge in [-0.25, -0.2) is 0 Å². The van der Waals surface area contributed by atoms with Crippen molar-refractivity contribution in [3.05, 3.63) is 36.6 Å². The van der Waals surface area contributed by atoms with Gasteiger partial charge in [0, 0.05) is 0 Å². The topological polar surface area (TPSA) is 9.23 Å². The molecule has 0 atom stereocenters. The zero-order valence-electron chi connectivity index (χ0n) is 7.39.